The highest BCUT2D eigenvalue weighted by molar-refractivity contribution is 6.30. The van der Waals surface area contributed by atoms with E-state index < -0.39 is 6.10 Å². The number of anilines is 1. The van der Waals surface area contributed by atoms with Crippen molar-refractivity contribution in [3.05, 3.63) is 65.2 Å². The van der Waals surface area contributed by atoms with Crippen molar-refractivity contribution in [1.82, 2.24) is 0 Å². The van der Waals surface area contributed by atoms with Crippen molar-refractivity contribution in [2.75, 3.05) is 44.2 Å². The first-order valence-electron chi connectivity index (χ1n) is 8.84. The summed E-state index contributed by atoms with van der Waals surface area (Å²) in [6.07, 6.45) is -0.420. The Balaban J connectivity index is 1.37. The van der Waals surface area contributed by atoms with E-state index in [0.29, 0.717) is 13.2 Å². The fraction of sp³-hybridized carbons (Fsp3) is 0.400. The summed E-state index contributed by atoms with van der Waals surface area (Å²) in [6, 6.07) is 18.1. The van der Waals surface area contributed by atoms with Gasteiger partial charge in [-0.15, -0.1) is 0 Å². The standard InChI is InChI=1S/C20H25ClN2O2/c21-18-7-4-8-19(13-18)23-11-9-22(10-12-23)14-20(24)16-25-15-17-5-2-1-3-6-17/h1-8,13,20,24H,9-12,14-16H2/p+1/t20-/m1/s1. The predicted molar refractivity (Wildman–Crippen MR) is 101 cm³/mol. The van der Waals surface area contributed by atoms with E-state index in [2.05, 4.69) is 11.0 Å². The highest BCUT2D eigenvalue weighted by Gasteiger charge is 2.22. The van der Waals surface area contributed by atoms with Gasteiger partial charge >= 0.3 is 0 Å². The predicted octanol–water partition coefficient (Wildman–Crippen LogP) is 1.62. The van der Waals surface area contributed by atoms with E-state index in [1.165, 1.54) is 10.6 Å². The quantitative estimate of drug-likeness (QED) is 0.787. The van der Waals surface area contributed by atoms with Gasteiger partial charge in [0.15, 0.2) is 0 Å². The molecule has 0 aliphatic carbocycles. The number of rotatable bonds is 7. The largest absolute Gasteiger partial charge is 0.385 e. The molecule has 0 unspecified atom stereocenters. The van der Waals surface area contributed by atoms with Crippen molar-refractivity contribution in [3.63, 3.8) is 0 Å². The molecule has 1 atom stereocenters. The van der Waals surface area contributed by atoms with Gasteiger partial charge in [-0.2, -0.15) is 0 Å². The van der Waals surface area contributed by atoms with Crippen LogP contribution < -0.4 is 9.80 Å². The monoisotopic (exact) mass is 361 g/mol. The molecule has 25 heavy (non-hydrogen) atoms. The first kappa shape index (κ1) is 18.2. The molecular weight excluding hydrogens is 336 g/mol. The zero-order chi connectivity index (χ0) is 17.5. The zero-order valence-corrected chi connectivity index (χ0v) is 15.2. The van der Waals surface area contributed by atoms with Crippen molar-refractivity contribution in [2.24, 2.45) is 0 Å². The summed E-state index contributed by atoms with van der Waals surface area (Å²) in [7, 11) is 0. The van der Waals surface area contributed by atoms with Crippen LogP contribution in [-0.4, -0.2) is 50.5 Å². The van der Waals surface area contributed by atoms with Crippen LogP contribution in [0, 0.1) is 0 Å². The van der Waals surface area contributed by atoms with Crippen LogP contribution in [0.5, 0.6) is 0 Å². The Hall–Kier alpha value is -1.59. The number of nitrogens with zero attached hydrogens (tertiary/aromatic N) is 1. The van der Waals surface area contributed by atoms with Gasteiger partial charge in [0, 0.05) is 10.7 Å². The number of quaternary nitrogens is 1. The van der Waals surface area contributed by atoms with E-state index in [0.717, 1.165) is 43.3 Å². The summed E-state index contributed by atoms with van der Waals surface area (Å²) < 4.78 is 5.64. The maximum absolute atomic E-state index is 10.2. The first-order valence-corrected chi connectivity index (χ1v) is 9.22. The van der Waals surface area contributed by atoms with Gasteiger partial charge in [-0.1, -0.05) is 48.0 Å². The number of halogens is 1. The van der Waals surface area contributed by atoms with E-state index in [4.69, 9.17) is 16.3 Å². The lowest BCUT2D eigenvalue weighted by molar-refractivity contribution is -0.903. The number of aliphatic hydroxyl groups is 1. The van der Waals surface area contributed by atoms with Crippen molar-refractivity contribution in [1.29, 1.82) is 0 Å². The molecule has 1 saturated heterocycles. The molecule has 1 aliphatic heterocycles. The molecule has 3 rings (SSSR count). The van der Waals surface area contributed by atoms with E-state index >= 15 is 0 Å². The second kappa shape index (κ2) is 9.20. The fourth-order valence-electron chi connectivity index (χ4n) is 3.24. The van der Waals surface area contributed by atoms with Crippen LogP contribution in [0.25, 0.3) is 0 Å². The summed E-state index contributed by atoms with van der Waals surface area (Å²) in [6.45, 7) is 5.66. The number of benzene rings is 2. The Morgan fingerprint density at radius 1 is 1.08 bits per heavy atom. The van der Waals surface area contributed by atoms with Crippen LogP contribution >= 0.6 is 11.6 Å². The maximum atomic E-state index is 10.2. The third-order valence-electron chi connectivity index (χ3n) is 4.59. The molecule has 5 heteroatoms. The van der Waals surface area contributed by atoms with Gasteiger partial charge in [-0.25, -0.2) is 0 Å². The third-order valence-corrected chi connectivity index (χ3v) is 4.83. The van der Waals surface area contributed by atoms with E-state index in [9.17, 15) is 5.11 Å². The molecule has 1 heterocycles. The van der Waals surface area contributed by atoms with Gasteiger partial charge in [0.1, 0.15) is 12.6 Å². The van der Waals surface area contributed by atoms with E-state index in [1.54, 1.807) is 0 Å². The van der Waals surface area contributed by atoms with Crippen LogP contribution in [0.2, 0.25) is 5.02 Å². The van der Waals surface area contributed by atoms with Crippen molar-refractivity contribution in [2.45, 2.75) is 12.7 Å². The molecule has 0 aromatic heterocycles. The highest BCUT2D eigenvalue weighted by Crippen LogP contribution is 2.19. The van der Waals surface area contributed by atoms with Gasteiger partial charge < -0.3 is 19.6 Å². The number of hydrogen-bond acceptors (Lipinski definition) is 3. The SMILES string of the molecule is O[C@@H](COCc1ccccc1)C[NH+]1CCN(c2cccc(Cl)c2)CC1. The van der Waals surface area contributed by atoms with Gasteiger partial charge in [0.25, 0.3) is 0 Å². The second-order valence-corrected chi connectivity index (χ2v) is 7.01. The lowest BCUT2D eigenvalue weighted by Crippen LogP contribution is -3.16. The topological polar surface area (TPSA) is 37.1 Å². The van der Waals surface area contributed by atoms with Gasteiger partial charge in [-0.3, -0.25) is 0 Å². The summed E-state index contributed by atoms with van der Waals surface area (Å²) >= 11 is 6.08. The van der Waals surface area contributed by atoms with Crippen molar-refractivity contribution >= 4 is 17.3 Å². The second-order valence-electron chi connectivity index (χ2n) is 6.58. The van der Waals surface area contributed by atoms with Gasteiger partial charge in [0.05, 0.1) is 39.4 Å². The molecule has 1 fully saturated rings. The minimum absolute atomic E-state index is 0.385. The Kier molecular flexibility index (Phi) is 6.70. The molecule has 4 nitrogen and oxygen atoms in total. The minimum atomic E-state index is -0.420. The first-order chi connectivity index (χ1) is 12.2. The van der Waals surface area contributed by atoms with Crippen LogP contribution in [0.15, 0.2) is 54.6 Å². The van der Waals surface area contributed by atoms with Crippen LogP contribution in [0.1, 0.15) is 5.56 Å². The molecule has 1 aliphatic rings. The van der Waals surface area contributed by atoms with Crippen molar-refractivity contribution < 1.29 is 14.7 Å². The molecule has 2 aromatic rings. The Bertz CT molecular complexity index is 645. The Morgan fingerprint density at radius 3 is 2.56 bits per heavy atom. The molecule has 0 spiro atoms. The molecule has 0 amide bonds. The van der Waals surface area contributed by atoms with Crippen molar-refractivity contribution in [3.8, 4) is 0 Å². The van der Waals surface area contributed by atoms with Crippen LogP contribution in [0.3, 0.4) is 0 Å². The van der Waals surface area contributed by atoms with Crippen LogP contribution in [-0.2, 0) is 11.3 Å². The van der Waals surface area contributed by atoms with Gasteiger partial charge in [0.2, 0.25) is 0 Å². The Morgan fingerprint density at radius 2 is 1.84 bits per heavy atom. The third kappa shape index (κ3) is 5.72. The average molecular weight is 362 g/mol. The molecule has 0 saturated carbocycles. The van der Waals surface area contributed by atoms with E-state index in [-0.39, 0.29) is 0 Å². The number of piperazine rings is 1. The summed E-state index contributed by atoms with van der Waals surface area (Å²) in [5.41, 5.74) is 2.32. The molecule has 0 radical (unpaired) electrons. The average Bonchev–Trinajstić information content (AvgIpc) is 2.63. The number of aliphatic hydroxyl groups excluding tert-OH is 1. The number of nitrogens with one attached hydrogen (secondary N) is 1. The molecule has 2 aromatic carbocycles. The lowest BCUT2D eigenvalue weighted by atomic mass is 10.2. The smallest absolute Gasteiger partial charge is 0.126 e. The number of ether oxygens (including phenoxy) is 1. The normalized spacial score (nSPS) is 16.8. The molecule has 134 valence electrons. The summed E-state index contributed by atoms with van der Waals surface area (Å²) in [4.78, 5) is 3.78. The minimum Gasteiger partial charge on any atom is -0.385 e. The summed E-state index contributed by atoms with van der Waals surface area (Å²) in [5, 5.41) is 11.0. The highest BCUT2D eigenvalue weighted by atomic mass is 35.5. The fourth-order valence-corrected chi connectivity index (χ4v) is 3.42. The molecular formula is C20H26ClN2O2+. The lowest BCUT2D eigenvalue weighted by Gasteiger charge is -2.34. The Labute approximate surface area is 154 Å². The van der Waals surface area contributed by atoms with E-state index in [1.807, 2.05) is 48.5 Å². The van der Waals surface area contributed by atoms with Gasteiger partial charge in [-0.05, 0) is 23.8 Å². The maximum Gasteiger partial charge on any atom is 0.126 e. The molecule has 2 N–H and O–H groups in total. The summed E-state index contributed by atoms with van der Waals surface area (Å²) in [5.74, 6) is 0. The van der Waals surface area contributed by atoms with Crippen LogP contribution in [0.4, 0.5) is 5.69 Å². The zero-order valence-electron chi connectivity index (χ0n) is 14.4. The number of hydrogen-bond donors (Lipinski definition) is 2. The molecule has 0 bridgehead atoms.